The fourth-order valence-electron chi connectivity index (χ4n) is 0. The van der Waals surface area contributed by atoms with E-state index in [4.69, 9.17) is 151 Å². The van der Waals surface area contributed by atoms with Gasteiger partial charge in [0.2, 0.25) is 0 Å². The summed E-state index contributed by atoms with van der Waals surface area (Å²) in [7, 11) is -21.7. The zero-order chi connectivity index (χ0) is 35.8. The Morgan fingerprint density at radius 3 is 0.122 bits per heavy atom. The van der Waals surface area contributed by atoms with Gasteiger partial charge in [-0.25, -0.2) is 0 Å². The van der Waals surface area contributed by atoms with Crippen LogP contribution in [0, 0.1) is 0 Å². The summed E-state index contributed by atoms with van der Waals surface area (Å²) in [5, 5.41) is 215. The average molecular weight is 642 g/mol. The van der Waals surface area contributed by atoms with Gasteiger partial charge in [0.05, 0.1) is 0 Å². The molecular formula is H31B10NaO30. The van der Waals surface area contributed by atoms with Crippen LogP contribution in [0.3, 0.4) is 0 Å². The molecular weight excluding hydrogens is 611 g/mol. The Labute approximate surface area is 253 Å². The molecule has 0 saturated heterocycles. The molecule has 0 aliphatic heterocycles. The maximum atomic E-state index is 7.17. The first kappa shape index (κ1) is 73.1. The van der Waals surface area contributed by atoms with Crippen molar-refractivity contribution in [3.63, 3.8) is 0 Å². The van der Waals surface area contributed by atoms with Crippen LogP contribution in [0.1, 0.15) is 0 Å². The molecule has 0 atom stereocenters. The second kappa shape index (κ2) is 67.9. The van der Waals surface area contributed by atoms with Crippen molar-refractivity contribution in [1.82, 2.24) is 0 Å². The van der Waals surface area contributed by atoms with E-state index in [1.165, 1.54) is 0 Å². The topological polar surface area (TPSA) is 607 Å². The van der Waals surface area contributed by atoms with Crippen molar-refractivity contribution < 1.29 is 151 Å². The Kier molecular flexibility index (Phi) is 121. The van der Waals surface area contributed by atoms with Crippen LogP contribution in [0.2, 0.25) is 0 Å². The molecule has 0 aromatic carbocycles. The third-order valence-corrected chi connectivity index (χ3v) is 0. The second-order valence-corrected chi connectivity index (χ2v) is 3.46. The zero-order valence-electron chi connectivity index (χ0n) is 19.2. The van der Waals surface area contributed by atoms with Crippen LogP contribution in [0.25, 0.3) is 0 Å². The molecule has 0 heterocycles. The van der Waals surface area contributed by atoms with Gasteiger partial charge in [-0.15, -0.1) is 0 Å². The van der Waals surface area contributed by atoms with Crippen LogP contribution in [0.5, 0.6) is 0 Å². The Morgan fingerprint density at radius 2 is 0.122 bits per heavy atom. The van der Waals surface area contributed by atoms with E-state index in [9.17, 15) is 0 Å². The molecule has 0 aromatic heterocycles. The van der Waals surface area contributed by atoms with E-state index in [0.717, 1.165) is 0 Å². The predicted molar refractivity (Wildman–Crippen MR) is 131 cm³/mol. The Bertz CT molecular complexity index is 186. The Hall–Kier alpha value is 0.449. The molecule has 0 amide bonds. The van der Waals surface area contributed by atoms with E-state index in [0.29, 0.717) is 0 Å². The van der Waals surface area contributed by atoms with Gasteiger partial charge in [0.25, 0.3) is 0 Å². The average Bonchev–Trinajstić information content (AvgIpc) is 2.47. The van der Waals surface area contributed by atoms with Gasteiger partial charge in [-0.2, -0.15) is 0 Å². The molecule has 41 heteroatoms. The first-order valence-corrected chi connectivity index (χ1v) is 7.75. The minimum absolute atomic E-state index is 0. The van der Waals surface area contributed by atoms with E-state index >= 15 is 0 Å². The maximum absolute atomic E-state index is 7.17. The molecule has 0 radical (unpaired) electrons. The van der Waals surface area contributed by atoms with E-state index < -0.39 is 73.2 Å². The molecule has 0 unspecified atom stereocenters. The third kappa shape index (κ3) is 296000. The van der Waals surface area contributed by atoms with Crippen molar-refractivity contribution in [1.29, 1.82) is 0 Å². The molecule has 0 saturated carbocycles. The fourth-order valence-corrected chi connectivity index (χ4v) is 0. The normalized spacial score (nSPS) is 6.59. The van der Waals surface area contributed by atoms with Gasteiger partial charge in [-0.1, -0.05) is 0 Å². The first-order chi connectivity index (χ1) is 17.3. The van der Waals surface area contributed by atoms with Crippen LogP contribution in [-0.2, 0) is 0 Å². The fraction of sp³-hybridized carbons (Fsp3) is 0. The first-order valence-electron chi connectivity index (χ1n) is 7.75. The minimum atomic E-state index is -2.17. The summed E-state index contributed by atoms with van der Waals surface area (Å²) in [6.07, 6.45) is 0. The van der Waals surface area contributed by atoms with Gasteiger partial charge in [0.15, 0.2) is 0 Å². The number of hydrogen-bond donors (Lipinski definition) is 30. The molecule has 0 aliphatic carbocycles. The van der Waals surface area contributed by atoms with Crippen molar-refractivity contribution >= 4 is 103 Å². The summed E-state index contributed by atoms with van der Waals surface area (Å²) in [6, 6.07) is 0. The van der Waals surface area contributed by atoms with Crippen molar-refractivity contribution in [3.05, 3.63) is 0 Å². The molecule has 0 aromatic rings. The number of hydrogen-bond acceptors (Lipinski definition) is 30. The second-order valence-electron chi connectivity index (χ2n) is 3.46. The standard InChI is InChI=1S/10BH3O3.Na.H/c10*2-1(3)4;;/h10*2-4H;;. The van der Waals surface area contributed by atoms with Gasteiger partial charge in [0.1, 0.15) is 0 Å². The summed E-state index contributed by atoms with van der Waals surface area (Å²) in [5.74, 6) is 0. The monoisotopic (exact) mass is 644 g/mol. The van der Waals surface area contributed by atoms with E-state index in [1.807, 2.05) is 0 Å². The van der Waals surface area contributed by atoms with Crippen molar-refractivity contribution in [2.45, 2.75) is 0 Å². The summed E-state index contributed by atoms with van der Waals surface area (Å²) >= 11 is 0. The van der Waals surface area contributed by atoms with Crippen LogP contribution in [0.15, 0.2) is 0 Å². The summed E-state index contributed by atoms with van der Waals surface area (Å²) in [6.45, 7) is 0. The van der Waals surface area contributed by atoms with Crippen LogP contribution >= 0.6 is 0 Å². The van der Waals surface area contributed by atoms with E-state index in [2.05, 4.69) is 0 Å². The van der Waals surface area contributed by atoms with Crippen LogP contribution in [-0.4, -0.2) is 253 Å². The van der Waals surface area contributed by atoms with Crippen molar-refractivity contribution in [2.75, 3.05) is 0 Å². The van der Waals surface area contributed by atoms with E-state index in [1.54, 1.807) is 0 Å². The summed E-state index contributed by atoms with van der Waals surface area (Å²) in [5.41, 5.74) is 0. The van der Waals surface area contributed by atoms with Crippen LogP contribution < -0.4 is 0 Å². The molecule has 30 nitrogen and oxygen atoms in total. The van der Waals surface area contributed by atoms with Crippen molar-refractivity contribution in [2.24, 2.45) is 0 Å². The Morgan fingerprint density at radius 1 is 0.122 bits per heavy atom. The van der Waals surface area contributed by atoms with Gasteiger partial charge in [0, 0.05) is 0 Å². The predicted octanol–water partition coefficient (Wildman–Crippen LogP) is -21.2. The van der Waals surface area contributed by atoms with Gasteiger partial charge in [-0.05, 0) is 0 Å². The molecule has 0 spiro atoms. The zero-order valence-corrected chi connectivity index (χ0v) is 19.2. The molecule has 242 valence electrons. The van der Waals surface area contributed by atoms with Gasteiger partial charge < -0.3 is 151 Å². The third-order valence-electron chi connectivity index (χ3n) is 0. The molecule has 0 aliphatic rings. The number of rotatable bonds is 0. The molecule has 0 bridgehead atoms. The Balaban J connectivity index is -0.0000000270. The molecule has 0 rings (SSSR count). The van der Waals surface area contributed by atoms with Gasteiger partial charge >= 0.3 is 103 Å². The van der Waals surface area contributed by atoms with Crippen LogP contribution in [0.4, 0.5) is 0 Å². The van der Waals surface area contributed by atoms with Crippen molar-refractivity contribution in [3.8, 4) is 0 Å². The van der Waals surface area contributed by atoms with Gasteiger partial charge in [-0.3, -0.25) is 0 Å². The summed E-state index contributed by atoms with van der Waals surface area (Å²) in [4.78, 5) is 0. The molecule has 41 heavy (non-hydrogen) atoms. The van der Waals surface area contributed by atoms with E-state index in [-0.39, 0.29) is 29.6 Å². The SMILES string of the molecule is OB(O)O.OB(O)O.OB(O)O.OB(O)O.OB(O)O.OB(O)O.OB(O)O.OB(O)O.OB(O)O.OB(O)O.[NaH]. The molecule has 30 N–H and O–H groups in total. The molecule has 0 fully saturated rings. The summed E-state index contributed by atoms with van der Waals surface area (Å²) < 4.78 is 0. The quantitative estimate of drug-likeness (QED) is 0.109.